The van der Waals surface area contributed by atoms with Crippen molar-refractivity contribution in [2.75, 3.05) is 0 Å². The van der Waals surface area contributed by atoms with Gasteiger partial charge in [0.25, 0.3) is 0 Å². The van der Waals surface area contributed by atoms with Gasteiger partial charge in [0.05, 0.1) is 6.10 Å². The third kappa shape index (κ3) is 5.00. The summed E-state index contributed by atoms with van der Waals surface area (Å²) in [5, 5.41) is 9.09. The molecule has 0 aromatic carbocycles. The Morgan fingerprint density at radius 1 is 1.60 bits per heavy atom. The molecule has 2 atom stereocenters. The molecule has 0 aliphatic rings. The van der Waals surface area contributed by atoms with E-state index in [9.17, 15) is 0 Å². The van der Waals surface area contributed by atoms with Gasteiger partial charge >= 0.3 is 0 Å². The highest BCUT2D eigenvalue weighted by Gasteiger charge is 2.05. The highest BCUT2D eigenvalue weighted by atomic mass is 79.9. The zero-order valence-electron chi connectivity index (χ0n) is 6.76. The molecule has 0 aromatic rings. The summed E-state index contributed by atoms with van der Waals surface area (Å²) < 4.78 is 1.14. The summed E-state index contributed by atoms with van der Waals surface area (Å²) in [5.41, 5.74) is 0. The molecule has 0 bridgehead atoms. The van der Waals surface area contributed by atoms with Gasteiger partial charge in [-0.05, 0) is 30.7 Å². The van der Waals surface area contributed by atoms with Crippen LogP contribution in [0.1, 0.15) is 27.2 Å². The van der Waals surface area contributed by atoms with E-state index in [4.69, 9.17) is 5.11 Å². The number of aliphatic hydroxyl groups is 1. The van der Waals surface area contributed by atoms with Gasteiger partial charge in [-0.2, -0.15) is 0 Å². The Morgan fingerprint density at radius 2 is 2.10 bits per heavy atom. The Morgan fingerprint density at radius 3 is 2.40 bits per heavy atom. The molecule has 0 aromatic heterocycles. The molecule has 0 heterocycles. The lowest BCUT2D eigenvalue weighted by Crippen LogP contribution is -2.11. The van der Waals surface area contributed by atoms with Gasteiger partial charge in [0.2, 0.25) is 0 Å². The summed E-state index contributed by atoms with van der Waals surface area (Å²) in [6.45, 7) is 5.86. The SMILES string of the molecule is C/C(Br)=C\CC(C)[C@H](C)O. The maximum absolute atomic E-state index is 9.09. The van der Waals surface area contributed by atoms with Gasteiger partial charge in [-0.25, -0.2) is 0 Å². The number of halogens is 1. The van der Waals surface area contributed by atoms with E-state index in [1.165, 1.54) is 0 Å². The highest BCUT2D eigenvalue weighted by Crippen LogP contribution is 2.12. The van der Waals surface area contributed by atoms with Gasteiger partial charge in [-0.15, -0.1) is 0 Å². The normalized spacial score (nSPS) is 18.7. The fourth-order valence-electron chi connectivity index (χ4n) is 0.545. The lowest BCUT2D eigenvalue weighted by Gasteiger charge is -2.11. The fourth-order valence-corrected chi connectivity index (χ4v) is 0.732. The van der Waals surface area contributed by atoms with Crippen molar-refractivity contribution in [2.24, 2.45) is 5.92 Å². The molecule has 1 unspecified atom stereocenters. The molecule has 0 rings (SSSR count). The number of allylic oxidation sites excluding steroid dienone is 2. The first-order chi connectivity index (χ1) is 4.54. The molecular formula is C8H15BrO. The van der Waals surface area contributed by atoms with Crippen molar-refractivity contribution in [1.29, 1.82) is 0 Å². The van der Waals surface area contributed by atoms with Gasteiger partial charge in [-0.3, -0.25) is 0 Å². The third-order valence-corrected chi connectivity index (χ3v) is 1.92. The molecule has 0 spiro atoms. The first-order valence-corrected chi connectivity index (χ1v) is 4.33. The van der Waals surface area contributed by atoms with Crippen molar-refractivity contribution in [1.82, 2.24) is 0 Å². The molecule has 0 amide bonds. The summed E-state index contributed by atoms with van der Waals surface area (Å²) in [5.74, 6) is 0.354. The van der Waals surface area contributed by atoms with E-state index in [0.29, 0.717) is 5.92 Å². The molecule has 0 saturated carbocycles. The predicted molar refractivity (Wildman–Crippen MR) is 48.1 cm³/mol. The Kier molecular flexibility index (Phi) is 5.00. The zero-order chi connectivity index (χ0) is 8.15. The molecule has 60 valence electrons. The quantitative estimate of drug-likeness (QED) is 0.754. The van der Waals surface area contributed by atoms with E-state index in [1.54, 1.807) is 0 Å². The molecule has 0 radical (unpaired) electrons. The molecule has 0 aliphatic heterocycles. The van der Waals surface area contributed by atoms with Crippen molar-refractivity contribution in [2.45, 2.75) is 33.3 Å². The summed E-state index contributed by atoms with van der Waals surface area (Å²) >= 11 is 3.33. The van der Waals surface area contributed by atoms with Crippen molar-refractivity contribution in [3.63, 3.8) is 0 Å². The topological polar surface area (TPSA) is 20.2 Å². The Bertz CT molecular complexity index is 114. The van der Waals surface area contributed by atoms with Crippen LogP contribution in [0, 0.1) is 5.92 Å². The van der Waals surface area contributed by atoms with Crippen LogP contribution in [0.15, 0.2) is 10.6 Å². The zero-order valence-corrected chi connectivity index (χ0v) is 8.35. The maximum atomic E-state index is 9.09. The third-order valence-electron chi connectivity index (χ3n) is 1.59. The minimum Gasteiger partial charge on any atom is -0.393 e. The monoisotopic (exact) mass is 206 g/mol. The molecular weight excluding hydrogens is 192 g/mol. The summed E-state index contributed by atoms with van der Waals surface area (Å²) in [4.78, 5) is 0. The van der Waals surface area contributed by atoms with Gasteiger partial charge in [0, 0.05) is 0 Å². The first kappa shape index (κ1) is 10.2. The molecule has 1 nitrogen and oxygen atoms in total. The second kappa shape index (κ2) is 4.91. The number of rotatable bonds is 3. The van der Waals surface area contributed by atoms with Crippen LogP contribution in [0.3, 0.4) is 0 Å². The smallest absolute Gasteiger partial charge is 0.0540 e. The summed E-state index contributed by atoms with van der Waals surface area (Å²) in [6.07, 6.45) is 2.81. The Labute approximate surface area is 71.3 Å². The van der Waals surface area contributed by atoms with E-state index in [2.05, 4.69) is 22.0 Å². The van der Waals surface area contributed by atoms with E-state index >= 15 is 0 Å². The van der Waals surface area contributed by atoms with Crippen LogP contribution in [0.4, 0.5) is 0 Å². The largest absolute Gasteiger partial charge is 0.393 e. The highest BCUT2D eigenvalue weighted by molar-refractivity contribution is 9.11. The summed E-state index contributed by atoms with van der Waals surface area (Å²) in [7, 11) is 0. The minimum atomic E-state index is -0.205. The average Bonchev–Trinajstić information content (AvgIpc) is 1.82. The van der Waals surface area contributed by atoms with Crippen molar-refractivity contribution in [3.8, 4) is 0 Å². The van der Waals surface area contributed by atoms with Crippen molar-refractivity contribution < 1.29 is 5.11 Å². The number of hydrogen-bond donors (Lipinski definition) is 1. The predicted octanol–water partition coefficient (Wildman–Crippen LogP) is 2.69. The van der Waals surface area contributed by atoms with Gasteiger partial charge in [0.15, 0.2) is 0 Å². The Hall–Kier alpha value is 0.180. The standard InChI is InChI=1S/C8H15BrO/c1-6(8(3)10)4-5-7(2)9/h5-6,8,10H,4H2,1-3H3/b7-5+/t6?,8-/m0/s1. The van der Waals surface area contributed by atoms with Crippen LogP contribution in [-0.4, -0.2) is 11.2 Å². The van der Waals surface area contributed by atoms with E-state index in [1.807, 2.05) is 20.8 Å². The van der Waals surface area contributed by atoms with E-state index < -0.39 is 0 Å². The van der Waals surface area contributed by atoms with Crippen LogP contribution in [0.5, 0.6) is 0 Å². The second-order valence-corrected chi connectivity index (χ2v) is 4.00. The molecule has 1 N–H and O–H groups in total. The van der Waals surface area contributed by atoms with Crippen LogP contribution in [-0.2, 0) is 0 Å². The van der Waals surface area contributed by atoms with Crippen molar-refractivity contribution >= 4 is 15.9 Å². The first-order valence-electron chi connectivity index (χ1n) is 3.54. The van der Waals surface area contributed by atoms with Crippen LogP contribution < -0.4 is 0 Å². The van der Waals surface area contributed by atoms with Gasteiger partial charge < -0.3 is 5.11 Å². The van der Waals surface area contributed by atoms with Crippen LogP contribution >= 0.6 is 15.9 Å². The van der Waals surface area contributed by atoms with E-state index in [0.717, 1.165) is 10.9 Å². The molecule has 0 fully saturated rings. The Balaban J connectivity index is 3.59. The number of aliphatic hydroxyl groups excluding tert-OH is 1. The van der Waals surface area contributed by atoms with Gasteiger partial charge in [-0.1, -0.05) is 28.9 Å². The van der Waals surface area contributed by atoms with E-state index in [-0.39, 0.29) is 6.10 Å². The fraction of sp³-hybridized carbons (Fsp3) is 0.750. The van der Waals surface area contributed by atoms with Crippen molar-refractivity contribution in [3.05, 3.63) is 10.6 Å². The van der Waals surface area contributed by atoms with Crippen LogP contribution in [0.25, 0.3) is 0 Å². The molecule has 2 heteroatoms. The molecule has 10 heavy (non-hydrogen) atoms. The minimum absolute atomic E-state index is 0.205. The molecule has 0 aliphatic carbocycles. The lowest BCUT2D eigenvalue weighted by molar-refractivity contribution is 0.136. The number of hydrogen-bond acceptors (Lipinski definition) is 1. The lowest BCUT2D eigenvalue weighted by atomic mass is 10.0. The molecule has 0 saturated heterocycles. The average molecular weight is 207 g/mol. The van der Waals surface area contributed by atoms with Gasteiger partial charge in [0.1, 0.15) is 0 Å². The summed E-state index contributed by atoms with van der Waals surface area (Å²) in [6, 6.07) is 0. The maximum Gasteiger partial charge on any atom is 0.0540 e. The second-order valence-electron chi connectivity index (χ2n) is 2.74. The van der Waals surface area contributed by atoms with Crippen LogP contribution in [0.2, 0.25) is 0 Å².